The van der Waals surface area contributed by atoms with Gasteiger partial charge in [-0.2, -0.15) is 0 Å². The molecule has 0 bridgehead atoms. The van der Waals surface area contributed by atoms with Crippen molar-refractivity contribution in [3.63, 3.8) is 0 Å². The summed E-state index contributed by atoms with van der Waals surface area (Å²) in [5.74, 6) is 0. The lowest BCUT2D eigenvalue weighted by Crippen LogP contribution is -2.05. The second-order valence-corrected chi connectivity index (χ2v) is 5.49. The lowest BCUT2D eigenvalue weighted by molar-refractivity contribution is 0.664. The first kappa shape index (κ1) is 11.2. The molecule has 0 unspecified atom stereocenters. The van der Waals surface area contributed by atoms with Crippen molar-refractivity contribution in [2.24, 2.45) is 0 Å². The molecular weight excluding hydrogens is 214 g/mol. The number of alkyl halides is 4. The normalized spacial score (nSPS) is 12.6. The van der Waals surface area contributed by atoms with Crippen molar-refractivity contribution >= 4 is 46.4 Å². The fourth-order valence-corrected chi connectivity index (χ4v) is 1.14. The molecule has 4 heteroatoms. The van der Waals surface area contributed by atoms with Crippen molar-refractivity contribution in [3.8, 4) is 0 Å². The molecule has 0 aromatic rings. The third kappa shape index (κ3) is 9.16. The Bertz CT molecular complexity index is 84.2. The molecule has 0 atom stereocenters. The molecule has 0 aliphatic rings. The van der Waals surface area contributed by atoms with Crippen LogP contribution in [0.2, 0.25) is 0 Å². The smallest absolute Gasteiger partial charge is 0.105 e. The van der Waals surface area contributed by atoms with E-state index in [0.717, 1.165) is 19.3 Å². The summed E-state index contributed by atoms with van der Waals surface area (Å²) in [7, 11) is 0. The van der Waals surface area contributed by atoms with Gasteiger partial charge in [-0.25, -0.2) is 0 Å². The van der Waals surface area contributed by atoms with Crippen molar-refractivity contribution < 1.29 is 0 Å². The van der Waals surface area contributed by atoms with E-state index in [4.69, 9.17) is 46.4 Å². The van der Waals surface area contributed by atoms with Crippen molar-refractivity contribution in [1.82, 2.24) is 0 Å². The molecular formula is C6H10Cl4. The van der Waals surface area contributed by atoms with E-state index in [2.05, 4.69) is 0 Å². The fraction of sp³-hybridized carbons (Fsp3) is 1.00. The Balaban J connectivity index is 3.21. The molecule has 0 N–H and O–H groups in total. The third-order valence-electron chi connectivity index (χ3n) is 1.04. The van der Waals surface area contributed by atoms with Crippen LogP contribution < -0.4 is 0 Å². The first-order valence-corrected chi connectivity index (χ1v) is 4.71. The molecule has 0 spiro atoms. The molecule has 0 aromatic heterocycles. The van der Waals surface area contributed by atoms with Crippen LogP contribution in [0.1, 0.15) is 26.2 Å². The van der Waals surface area contributed by atoms with Crippen LogP contribution in [-0.4, -0.2) is 9.17 Å². The number of hydrogen-bond donors (Lipinski definition) is 0. The standard InChI is InChI=1S/C6H10Cl4/c1-6(9,10)4-2-3-5(7)8/h5H,2-4H2,1H3. The maximum atomic E-state index is 5.70. The van der Waals surface area contributed by atoms with Gasteiger partial charge in [0.15, 0.2) is 0 Å². The molecule has 0 nitrogen and oxygen atoms in total. The van der Waals surface area contributed by atoms with E-state index in [0.29, 0.717) is 0 Å². The minimum atomic E-state index is -0.636. The van der Waals surface area contributed by atoms with Crippen LogP contribution in [-0.2, 0) is 0 Å². The zero-order chi connectivity index (χ0) is 8.20. The SMILES string of the molecule is CC(Cl)(Cl)CCCC(Cl)Cl. The van der Waals surface area contributed by atoms with Crippen LogP contribution in [0.5, 0.6) is 0 Å². The summed E-state index contributed by atoms with van der Waals surface area (Å²) >= 11 is 22.4. The lowest BCUT2D eigenvalue weighted by atomic mass is 10.2. The second kappa shape index (κ2) is 4.92. The summed E-state index contributed by atoms with van der Waals surface area (Å²) in [6.07, 6.45) is 2.34. The highest BCUT2D eigenvalue weighted by Gasteiger charge is 2.15. The van der Waals surface area contributed by atoms with Crippen LogP contribution in [0.15, 0.2) is 0 Å². The van der Waals surface area contributed by atoms with E-state index in [-0.39, 0.29) is 4.84 Å². The summed E-state index contributed by atoms with van der Waals surface area (Å²) in [5.41, 5.74) is 0. The van der Waals surface area contributed by atoms with Gasteiger partial charge < -0.3 is 0 Å². The first-order chi connectivity index (χ1) is 4.42. The highest BCUT2D eigenvalue weighted by Crippen LogP contribution is 2.27. The number of hydrogen-bond acceptors (Lipinski definition) is 0. The predicted molar refractivity (Wildman–Crippen MR) is 49.5 cm³/mol. The van der Waals surface area contributed by atoms with Gasteiger partial charge in [-0.05, 0) is 26.2 Å². The number of rotatable bonds is 4. The Hall–Kier alpha value is 1.16. The molecule has 0 fully saturated rings. The van der Waals surface area contributed by atoms with Gasteiger partial charge in [-0.15, -0.1) is 46.4 Å². The Labute approximate surface area is 81.8 Å². The molecule has 0 amide bonds. The summed E-state index contributed by atoms with van der Waals surface area (Å²) in [5, 5.41) is 0. The molecule has 0 rings (SSSR count). The molecule has 0 aliphatic carbocycles. The predicted octanol–water partition coefficient (Wildman–Crippen LogP) is 4.15. The molecule has 0 radical (unpaired) electrons. The Morgan fingerprint density at radius 2 is 1.80 bits per heavy atom. The quantitative estimate of drug-likeness (QED) is 0.629. The third-order valence-corrected chi connectivity index (χ3v) is 1.85. The van der Waals surface area contributed by atoms with Crippen molar-refractivity contribution in [1.29, 1.82) is 0 Å². The van der Waals surface area contributed by atoms with E-state index >= 15 is 0 Å². The van der Waals surface area contributed by atoms with Crippen molar-refractivity contribution in [2.45, 2.75) is 35.4 Å². The highest BCUT2D eigenvalue weighted by molar-refractivity contribution is 6.48. The van der Waals surface area contributed by atoms with Gasteiger partial charge in [0.25, 0.3) is 0 Å². The minimum absolute atomic E-state index is 0.296. The molecule has 0 aliphatic heterocycles. The highest BCUT2D eigenvalue weighted by atomic mass is 35.5. The maximum absolute atomic E-state index is 5.70. The van der Waals surface area contributed by atoms with Crippen LogP contribution in [0, 0.1) is 0 Å². The fourth-order valence-electron chi connectivity index (χ4n) is 0.567. The molecule has 0 aromatic carbocycles. The molecule has 0 saturated carbocycles. The number of halogens is 4. The van der Waals surface area contributed by atoms with Gasteiger partial charge in [0.1, 0.15) is 9.17 Å². The molecule has 62 valence electrons. The minimum Gasteiger partial charge on any atom is -0.105 e. The lowest BCUT2D eigenvalue weighted by Gasteiger charge is -2.11. The molecule has 10 heavy (non-hydrogen) atoms. The second-order valence-electron chi connectivity index (χ2n) is 2.35. The summed E-state index contributed by atoms with van der Waals surface area (Å²) < 4.78 is -0.636. The van der Waals surface area contributed by atoms with Gasteiger partial charge in [-0.1, -0.05) is 0 Å². The Morgan fingerprint density at radius 1 is 1.30 bits per heavy atom. The average Bonchev–Trinajstić information content (AvgIpc) is 1.59. The Kier molecular flexibility index (Phi) is 5.49. The summed E-state index contributed by atoms with van der Waals surface area (Å²) in [4.78, 5) is -0.296. The van der Waals surface area contributed by atoms with Gasteiger partial charge in [0, 0.05) is 0 Å². The summed E-state index contributed by atoms with van der Waals surface area (Å²) in [6.45, 7) is 1.76. The zero-order valence-corrected chi connectivity index (χ0v) is 8.73. The van der Waals surface area contributed by atoms with Crippen LogP contribution in [0.25, 0.3) is 0 Å². The van der Waals surface area contributed by atoms with Crippen molar-refractivity contribution in [2.75, 3.05) is 0 Å². The van der Waals surface area contributed by atoms with E-state index < -0.39 is 4.33 Å². The van der Waals surface area contributed by atoms with Gasteiger partial charge in [-0.3, -0.25) is 0 Å². The molecule has 0 saturated heterocycles. The first-order valence-electron chi connectivity index (χ1n) is 3.08. The summed E-state index contributed by atoms with van der Waals surface area (Å²) in [6, 6.07) is 0. The van der Waals surface area contributed by atoms with Gasteiger partial charge in [0.2, 0.25) is 0 Å². The average molecular weight is 224 g/mol. The van der Waals surface area contributed by atoms with Gasteiger partial charge in [0.05, 0.1) is 0 Å². The topological polar surface area (TPSA) is 0 Å². The van der Waals surface area contributed by atoms with Gasteiger partial charge >= 0.3 is 0 Å². The monoisotopic (exact) mass is 222 g/mol. The zero-order valence-electron chi connectivity index (χ0n) is 5.71. The van der Waals surface area contributed by atoms with Crippen LogP contribution in [0.4, 0.5) is 0 Å². The van der Waals surface area contributed by atoms with E-state index in [1.807, 2.05) is 0 Å². The van der Waals surface area contributed by atoms with E-state index in [9.17, 15) is 0 Å². The largest absolute Gasteiger partial charge is 0.115 e. The molecule has 0 heterocycles. The van der Waals surface area contributed by atoms with Crippen LogP contribution in [0.3, 0.4) is 0 Å². The van der Waals surface area contributed by atoms with E-state index in [1.165, 1.54) is 0 Å². The van der Waals surface area contributed by atoms with Crippen LogP contribution >= 0.6 is 46.4 Å². The van der Waals surface area contributed by atoms with Crippen molar-refractivity contribution in [3.05, 3.63) is 0 Å². The Morgan fingerprint density at radius 3 is 2.10 bits per heavy atom. The van der Waals surface area contributed by atoms with E-state index in [1.54, 1.807) is 6.92 Å². The maximum Gasteiger partial charge on any atom is 0.115 e.